The lowest BCUT2D eigenvalue weighted by atomic mass is 10.00. The Bertz CT molecular complexity index is 705. The summed E-state index contributed by atoms with van der Waals surface area (Å²) in [7, 11) is 1.67. The molecule has 6 nitrogen and oxygen atoms in total. The SMILES string of the molecule is COCCCNc1nccc(C(=O)N2CCc3ccccc3C2)n1. The van der Waals surface area contributed by atoms with Gasteiger partial charge in [0.1, 0.15) is 5.69 Å². The highest BCUT2D eigenvalue weighted by Crippen LogP contribution is 2.20. The molecule has 24 heavy (non-hydrogen) atoms. The zero-order valence-corrected chi connectivity index (χ0v) is 13.9. The van der Waals surface area contributed by atoms with E-state index in [-0.39, 0.29) is 5.91 Å². The van der Waals surface area contributed by atoms with Crippen LogP contribution in [0.25, 0.3) is 0 Å². The quantitative estimate of drug-likeness (QED) is 0.824. The largest absolute Gasteiger partial charge is 0.385 e. The molecule has 1 aliphatic rings. The fraction of sp³-hybridized carbons (Fsp3) is 0.389. The summed E-state index contributed by atoms with van der Waals surface area (Å²) in [5, 5.41) is 3.12. The van der Waals surface area contributed by atoms with Crippen molar-refractivity contribution in [3.8, 4) is 0 Å². The third kappa shape index (κ3) is 3.89. The second-order valence-electron chi connectivity index (χ2n) is 5.78. The molecule has 1 N–H and O–H groups in total. The number of hydrogen-bond acceptors (Lipinski definition) is 5. The van der Waals surface area contributed by atoms with Crippen LogP contribution in [0.3, 0.4) is 0 Å². The van der Waals surface area contributed by atoms with Gasteiger partial charge in [-0.1, -0.05) is 24.3 Å². The van der Waals surface area contributed by atoms with E-state index in [4.69, 9.17) is 4.74 Å². The molecular formula is C18H22N4O2. The third-order valence-corrected chi connectivity index (χ3v) is 4.10. The molecule has 2 heterocycles. The van der Waals surface area contributed by atoms with E-state index in [9.17, 15) is 4.79 Å². The predicted octanol–water partition coefficient (Wildman–Crippen LogP) is 2.12. The van der Waals surface area contributed by atoms with Gasteiger partial charge in [0.05, 0.1) is 0 Å². The molecule has 0 radical (unpaired) electrons. The number of carbonyl (C=O) groups is 1. The molecule has 1 aromatic carbocycles. The minimum Gasteiger partial charge on any atom is -0.385 e. The minimum absolute atomic E-state index is 0.0492. The van der Waals surface area contributed by atoms with Crippen molar-refractivity contribution in [2.45, 2.75) is 19.4 Å². The summed E-state index contributed by atoms with van der Waals surface area (Å²) < 4.78 is 5.01. The third-order valence-electron chi connectivity index (χ3n) is 4.10. The molecule has 0 saturated heterocycles. The molecule has 126 valence electrons. The molecule has 0 unspecified atom stereocenters. The van der Waals surface area contributed by atoms with E-state index in [1.165, 1.54) is 11.1 Å². The van der Waals surface area contributed by atoms with Gasteiger partial charge in [-0.2, -0.15) is 0 Å². The first kappa shape index (κ1) is 16.4. The predicted molar refractivity (Wildman–Crippen MR) is 91.9 cm³/mol. The van der Waals surface area contributed by atoms with Crippen LogP contribution in [0, 0.1) is 0 Å². The molecule has 0 spiro atoms. The first-order valence-corrected chi connectivity index (χ1v) is 8.20. The van der Waals surface area contributed by atoms with Gasteiger partial charge in [-0.3, -0.25) is 4.79 Å². The average Bonchev–Trinajstić information content (AvgIpc) is 2.64. The van der Waals surface area contributed by atoms with Crippen LogP contribution in [0.2, 0.25) is 0 Å². The van der Waals surface area contributed by atoms with Gasteiger partial charge in [0.15, 0.2) is 0 Å². The Morgan fingerprint density at radius 1 is 1.29 bits per heavy atom. The highest BCUT2D eigenvalue weighted by Gasteiger charge is 2.22. The monoisotopic (exact) mass is 326 g/mol. The van der Waals surface area contributed by atoms with Gasteiger partial charge in [-0.15, -0.1) is 0 Å². The van der Waals surface area contributed by atoms with Crippen molar-refractivity contribution < 1.29 is 9.53 Å². The number of rotatable bonds is 6. The average molecular weight is 326 g/mol. The molecule has 6 heteroatoms. The number of methoxy groups -OCH3 is 1. The number of benzene rings is 1. The van der Waals surface area contributed by atoms with Crippen molar-refractivity contribution in [1.29, 1.82) is 0 Å². The van der Waals surface area contributed by atoms with Gasteiger partial charge in [0, 0.05) is 39.5 Å². The summed E-state index contributed by atoms with van der Waals surface area (Å²) in [6.45, 7) is 2.74. The molecule has 1 aromatic heterocycles. The summed E-state index contributed by atoms with van der Waals surface area (Å²) >= 11 is 0. The summed E-state index contributed by atoms with van der Waals surface area (Å²) in [6, 6.07) is 9.94. The number of nitrogens with zero attached hydrogens (tertiary/aromatic N) is 3. The molecule has 3 rings (SSSR count). The lowest BCUT2D eigenvalue weighted by molar-refractivity contribution is 0.0728. The van der Waals surface area contributed by atoms with E-state index < -0.39 is 0 Å². The topological polar surface area (TPSA) is 67.3 Å². The Balaban J connectivity index is 1.65. The Morgan fingerprint density at radius 3 is 2.96 bits per heavy atom. The van der Waals surface area contributed by atoms with Crippen molar-refractivity contribution in [3.05, 3.63) is 53.3 Å². The van der Waals surface area contributed by atoms with E-state index in [1.54, 1.807) is 19.4 Å². The van der Waals surface area contributed by atoms with Crippen LogP contribution in [-0.4, -0.2) is 47.6 Å². The second-order valence-corrected chi connectivity index (χ2v) is 5.78. The minimum atomic E-state index is -0.0492. The smallest absolute Gasteiger partial charge is 0.272 e. The molecular weight excluding hydrogens is 304 g/mol. The van der Waals surface area contributed by atoms with Crippen LogP contribution in [-0.2, 0) is 17.7 Å². The lowest BCUT2D eigenvalue weighted by Crippen LogP contribution is -2.36. The fourth-order valence-electron chi connectivity index (χ4n) is 2.81. The zero-order chi connectivity index (χ0) is 16.8. The van der Waals surface area contributed by atoms with Crippen LogP contribution in [0.1, 0.15) is 28.0 Å². The van der Waals surface area contributed by atoms with E-state index >= 15 is 0 Å². The highest BCUT2D eigenvalue weighted by molar-refractivity contribution is 5.92. The molecule has 0 atom stereocenters. The van der Waals surface area contributed by atoms with E-state index in [0.29, 0.717) is 31.3 Å². The van der Waals surface area contributed by atoms with Crippen LogP contribution in [0.5, 0.6) is 0 Å². The fourth-order valence-corrected chi connectivity index (χ4v) is 2.81. The molecule has 1 aliphatic heterocycles. The van der Waals surface area contributed by atoms with Gasteiger partial charge < -0.3 is 15.0 Å². The van der Waals surface area contributed by atoms with E-state index in [2.05, 4.69) is 27.4 Å². The Labute approximate surface area is 141 Å². The van der Waals surface area contributed by atoms with Crippen molar-refractivity contribution in [2.24, 2.45) is 0 Å². The zero-order valence-electron chi connectivity index (χ0n) is 13.9. The number of hydrogen-bond donors (Lipinski definition) is 1. The molecule has 1 amide bonds. The van der Waals surface area contributed by atoms with Crippen molar-refractivity contribution in [2.75, 3.05) is 32.1 Å². The molecule has 0 aliphatic carbocycles. The number of nitrogens with one attached hydrogen (secondary N) is 1. The number of fused-ring (bicyclic) bond motifs is 1. The first-order valence-electron chi connectivity index (χ1n) is 8.20. The lowest BCUT2D eigenvalue weighted by Gasteiger charge is -2.28. The van der Waals surface area contributed by atoms with Crippen LogP contribution >= 0.6 is 0 Å². The van der Waals surface area contributed by atoms with Crippen LogP contribution in [0.4, 0.5) is 5.95 Å². The number of aromatic nitrogens is 2. The van der Waals surface area contributed by atoms with Gasteiger partial charge >= 0.3 is 0 Å². The summed E-state index contributed by atoms with van der Waals surface area (Å²) in [5.41, 5.74) is 2.97. The van der Waals surface area contributed by atoms with Gasteiger partial charge in [-0.25, -0.2) is 9.97 Å². The van der Waals surface area contributed by atoms with Crippen molar-refractivity contribution in [3.63, 3.8) is 0 Å². The molecule has 2 aromatic rings. The van der Waals surface area contributed by atoms with Crippen LogP contribution < -0.4 is 5.32 Å². The first-order chi connectivity index (χ1) is 11.8. The van der Waals surface area contributed by atoms with E-state index in [0.717, 1.165) is 19.4 Å². The van der Waals surface area contributed by atoms with Gasteiger partial charge in [0.25, 0.3) is 5.91 Å². The number of ether oxygens (including phenoxy) is 1. The Morgan fingerprint density at radius 2 is 2.12 bits per heavy atom. The standard InChI is InChI=1S/C18H22N4O2/c1-24-12-4-9-19-18-20-10-7-16(21-18)17(23)22-11-8-14-5-2-3-6-15(14)13-22/h2-3,5-7,10H,4,8-9,11-13H2,1H3,(H,19,20,21). The van der Waals surface area contributed by atoms with E-state index in [1.807, 2.05) is 17.0 Å². The van der Waals surface area contributed by atoms with Crippen molar-refractivity contribution in [1.82, 2.24) is 14.9 Å². The maximum Gasteiger partial charge on any atom is 0.272 e. The van der Waals surface area contributed by atoms with Crippen LogP contribution in [0.15, 0.2) is 36.5 Å². The molecule has 0 saturated carbocycles. The maximum absolute atomic E-state index is 12.7. The Hall–Kier alpha value is -2.47. The molecule has 0 fully saturated rings. The van der Waals surface area contributed by atoms with Gasteiger partial charge in [-0.05, 0) is 30.0 Å². The van der Waals surface area contributed by atoms with Gasteiger partial charge in [0.2, 0.25) is 5.95 Å². The Kier molecular flexibility index (Phi) is 5.38. The highest BCUT2D eigenvalue weighted by atomic mass is 16.5. The number of anilines is 1. The number of carbonyl (C=O) groups excluding carboxylic acids is 1. The summed E-state index contributed by atoms with van der Waals surface area (Å²) in [5.74, 6) is 0.432. The summed E-state index contributed by atoms with van der Waals surface area (Å²) in [4.78, 5) is 23.1. The maximum atomic E-state index is 12.7. The second kappa shape index (κ2) is 7.88. The number of amides is 1. The summed E-state index contributed by atoms with van der Waals surface area (Å²) in [6.07, 6.45) is 3.37. The van der Waals surface area contributed by atoms with Crippen molar-refractivity contribution >= 4 is 11.9 Å². The normalized spacial score (nSPS) is 13.5. The molecule has 0 bridgehead atoms.